The van der Waals surface area contributed by atoms with Gasteiger partial charge in [-0.3, -0.25) is 0 Å². The summed E-state index contributed by atoms with van der Waals surface area (Å²) in [5, 5.41) is 5.30. The lowest BCUT2D eigenvalue weighted by atomic mass is 10.3. The van der Waals surface area contributed by atoms with Crippen molar-refractivity contribution in [2.24, 2.45) is 0 Å². The number of aromatic nitrogens is 2. The molecule has 0 radical (unpaired) electrons. The molecule has 0 aliphatic carbocycles. The first-order valence-corrected chi connectivity index (χ1v) is 2.92. The van der Waals surface area contributed by atoms with E-state index in [1.807, 2.05) is 5.10 Å². The van der Waals surface area contributed by atoms with Crippen molar-refractivity contribution in [2.45, 2.75) is 13.1 Å². The van der Waals surface area contributed by atoms with Crippen molar-refractivity contribution < 1.29 is 18.3 Å². The van der Waals surface area contributed by atoms with Gasteiger partial charge in [0.25, 0.3) is 0 Å². The number of halogens is 3. The molecule has 0 fully saturated rings. The second-order valence-electron chi connectivity index (χ2n) is 2.11. The fourth-order valence-electron chi connectivity index (χ4n) is 0.585. The highest BCUT2D eigenvalue weighted by atomic mass is 19.4. The van der Waals surface area contributed by atoms with Crippen LogP contribution in [0.5, 0.6) is 0 Å². The zero-order chi connectivity index (χ0) is 8.48. The number of rotatable bonds is 0. The van der Waals surface area contributed by atoms with Gasteiger partial charge in [-0.1, -0.05) is 5.10 Å². The Morgan fingerprint density at radius 3 is 2.36 bits per heavy atom. The Balaban J connectivity index is 2.99. The third-order valence-corrected chi connectivity index (χ3v) is 1.15. The molecule has 0 unspecified atom stereocenters. The molecule has 0 amide bonds. The zero-order valence-corrected chi connectivity index (χ0v) is 5.74. The molecule has 0 spiro atoms. The predicted molar refractivity (Wildman–Crippen MR) is 30.5 cm³/mol. The number of aryl methyl sites for hydroxylation is 1. The number of nitrogens with one attached hydrogen (secondary N) is 1. The second kappa shape index (κ2) is 2.48. The smallest absolute Gasteiger partial charge is 0.161 e. The van der Waals surface area contributed by atoms with Gasteiger partial charge in [0.1, 0.15) is 5.69 Å². The number of hydrogen-bond donors (Lipinski definition) is 0. The van der Waals surface area contributed by atoms with Crippen LogP contribution in [-0.4, -0.2) is 5.10 Å². The Morgan fingerprint density at radius 2 is 2.00 bits per heavy atom. The molecule has 1 rings (SSSR count). The van der Waals surface area contributed by atoms with Gasteiger partial charge < -0.3 is 0 Å². The van der Waals surface area contributed by atoms with Gasteiger partial charge in [-0.15, -0.1) is 0 Å². The Labute approximate surface area is 61.1 Å². The van der Waals surface area contributed by atoms with Crippen molar-refractivity contribution in [3.63, 3.8) is 0 Å². The largest absolute Gasteiger partial charge is 0.479 e. The Kier molecular flexibility index (Phi) is 1.80. The summed E-state index contributed by atoms with van der Waals surface area (Å²) >= 11 is 0. The first-order valence-electron chi connectivity index (χ1n) is 2.92. The van der Waals surface area contributed by atoms with Gasteiger partial charge in [0, 0.05) is 6.07 Å². The van der Waals surface area contributed by atoms with Gasteiger partial charge in [-0.2, -0.15) is 13.2 Å². The SMILES string of the molecule is Cc1ccc(C(F)(F)F)[nH+]n1. The number of aromatic amines is 1. The van der Waals surface area contributed by atoms with E-state index in [9.17, 15) is 13.2 Å². The normalized spacial score (nSPS) is 11.6. The Morgan fingerprint density at radius 1 is 1.36 bits per heavy atom. The summed E-state index contributed by atoms with van der Waals surface area (Å²) in [6.45, 7) is 1.61. The van der Waals surface area contributed by atoms with E-state index < -0.39 is 11.9 Å². The third kappa shape index (κ3) is 1.89. The maximum atomic E-state index is 11.8. The second-order valence-corrected chi connectivity index (χ2v) is 2.11. The van der Waals surface area contributed by atoms with Gasteiger partial charge >= 0.3 is 11.9 Å². The molecule has 0 saturated heterocycles. The van der Waals surface area contributed by atoms with Crippen molar-refractivity contribution in [1.29, 1.82) is 0 Å². The van der Waals surface area contributed by atoms with Crippen molar-refractivity contribution >= 4 is 0 Å². The van der Waals surface area contributed by atoms with E-state index in [0.29, 0.717) is 5.69 Å². The lowest BCUT2D eigenvalue weighted by Gasteiger charge is -1.97. The number of H-pyrrole nitrogens is 1. The average Bonchev–Trinajstić information content (AvgIpc) is 1.86. The molecule has 1 N–H and O–H groups in total. The van der Waals surface area contributed by atoms with Crippen LogP contribution in [0.1, 0.15) is 11.4 Å². The molecule has 0 aliphatic heterocycles. The van der Waals surface area contributed by atoms with Crippen LogP contribution in [0.2, 0.25) is 0 Å². The van der Waals surface area contributed by atoms with Crippen LogP contribution in [0, 0.1) is 6.92 Å². The molecule has 1 aromatic heterocycles. The van der Waals surface area contributed by atoms with Crippen LogP contribution in [0.15, 0.2) is 12.1 Å². The number of nitrogens with zero attached hydrogens (tertiary/aromatic N) is 1. The zero-order valence-electron chi connectivity index (χ0n) is 5.74. The molecule has 5 heteroatoms. The highest BCUT2D eigenvalue weighted by Crippen LogP contribution is 2.24. The molecule has 0 bridgehead atoms. The molecule has 0 aromatic carbocycles. The number of alkyl halides is 3. The molecule has 2 nitrogen and oxygen atoms in total. The maximum Gasteiger partial charge on any atom is 0.479 e. The third-order valence-electron chi connectivity index (χ3n) is 1.15. The lowest BCUT2D eigenvalue weighted by Crippen LogP contribution is -2.24. The molecule has 1 aromatic rings. The molecular formula is C6H6F3N2+. The predicted octanol–water partition coefficient (Wildman–Crippen LogP) is 1.22. The molecular weight excluding hydrogens is 157 g/mol. The van der Waals surface area contributed by atoms with Crippen LogP contribution in [0.4, 0.5) is 13.2 Å². The highest BCUT2D eigenvalue weighted by Gasteiger charge is 2.38. The van der Waals surface area contributed by atoms with Gasteiger partial charge in [0.2, 0.25) is 0 Å². The Hall–Kier alpha value is -1.13. The summed E-state index contributed by atoms with van der Waals surface area (Å²) in [5.41, 5.74) is -0.305. The standard InChI is InChI=1S/C6H5F3N2/c1-4-2-3-5(11-10-4)6(7,8)9/h2-3H,1H3/p+1. The summed E-state index contributed by atoms with van der Waals surface area (Å²) in [4.78, 5) is 0. The minimum Gasteiger partial charge on any atom is -0.161 e. The van der Waals surface area contributed by atoms with Crippen molar-refractivity contribution in [2.75, 3.05) is 0 Å². The van der Waals surface area contributed by atoms with Crippen LogP contribution in [-0.2, 0) is 6.18 Å². The summed E-state index contributed by atoms with van der Waals surface area (Å²) in [5.74, 6) is 0. The monoisotopic (exact) mass is 163 g/mol. The van der Waals surface area contributed by atoms with E-state index in [1.165, 1.54) is 6.07 Å². The van der Waals surface area contributed by atoms with Crippen LogP contribution in [0.25, 0.3) is 0 Å². The van der Waals surface area contributed by atoms with E-state index in [2.05, 4.69) is 5.10 Å². The summed E-state index contributed by atoms with van der Waals surface area (Å²) in [6, 6.07) is 2.27. The van der Waals surface area contributed by atoms with Crippen molar-refractivity contribution in [3.8, 4) is 0 Å². The fourth-order valence-corrected chi connectivity index (χ4v) is 0.585. The van der Waals surface area contributed by atoms with Gasteiger partial charge in [0.05, 0.1) is 0 Å². The molecule has 0 saturated carbocycles. The minimum absolute atomic E-state index is 0.526. The van der Waals surface area contributed by atoms with E-state index in [-0.39, 0.29) is 0 Å². The van der Waals surface area contributed by atoms with E-state index in [0.717, 1.165) is 6.07 Å². The maximum absolute atomic E-state index is 11.8. The van der Waals surface area contributed by atoms with E-state index in [1.54, 1.807) is 6.92 Å². The quantitative estimate of drug-likeness (QED) is 0.565. The first-order chi connectivity index (χ1) is 5.00. The molecule has 0 aliphatic rings. The van der Waals surface area contributed by atoms with E-state index >= 15 is 0 Å². The topological polar surface area (TPSA) is 27.0 Å². The van der Waals surface area contributed by atoms with E-state index in [4.69, 9.17) is 0 Å². The summed E-state index contributed by atoms with van der Waals surface area (Å²) < 4.78 is 35.5. The summed E-state index contributed by atoms with van der Waals surface area (Å²) in [6.07, 6.45) is -4.33. The van der Waals surface area contributed by atoms with Crippen molar-refractivity contribution in [3.05, 3.63) is 23.5 Å². The van der Waals surface area contributed by atoms with Crippen molar-refractivity contribution in [1.82, 2.24) is 5.10 Å². The van der Waals surface area contributed by atoms with Gasteiger partial charge in [0.15, 0.2) is 0 Å². The number of hydrogen-bond acceptors (Lipinski definition) is 1. The first kappa shape index (κ1) is 7.97. The van der Waals surface area contributed by atoms with Gasteiger partial charge in [-0.25, -0.2) is 0 Å². The fraction of sp³-hybridized carbons (Fsp3) is 0.333. The molecule has 0 atom stereocenters. The Bertz CT molecular complexity index is 239. The molecule has 60 valence electrons. The molecule has 11 heavy (non-hydrogen) atoms. The van der Waals surface area contributed by atoms with Gasteiger partial charge in [-0.05, 0) is 18.1 Å². The van der Waals surface area contributed by atoms with Crippen LogP contribution < -0.4 is 5.10 Å². The lowest BCUT2D eigenvalue weighted by molar-refractivity contribution is -0.491. The van der Waals surface area contributed by atoms with Crippen LogP contribution in [0.3, 0.4) is 0 Å². The minimum atomic E-state index is -4.33. The highest BCUT2D eigenvalue weighted by molar-refractivity contribution is 5.03. The molecule has 1 heterocycles. The average molecular weight is 163 g/mol. The summed E-state index contributed by atoms with van der Waals surface area (Å²) in [7, 11) is 0. The van der Waals surface area contributed by atoms with Crippen LogP contribution >= 0.6 is 0 Å².